The van der Waals surface area contributed by atoms with Crippen LogP contribution in [0.5, 0.6) is 0 Å². The molecule has 1 heterocycles. The van der Waals surface area contributed by atoms with Crippen molar-refractivity contribution in [3.05, 3.63) is 88.7 Å². The molecule has 5 nitrogen and oxygen atoms in total. The van der Waals surface area contributed by atoms with E-state index >= 15 is 0 Å². The number of carbonyl (C=O) groups excluding carboxylic acids is 1. The molecule has 0 saturated heterocycles. The van der Waals surface area contributed by atoms with Gasteiger partial charge < -0.3 is 0 Å². The predicted octanol–water partition coefficient (Wildman–Crippen LogP) is 3.35. The first-order valence-corrected chi connectivity index (χ1v) is 7.74. The normalized spacial score (nSPS) is 10.9. The molecule has 0 aliphatic rings. The molecule has 0 aliphatic heterocycles. The zero-order valence-electron chi connectivity index (χ0n) is 12.8. The fraction of sp³-hybridized carbons (Fsp3) is 0.0556. The van der Waals surface area contributed by atoms with E-state index in [1.54, 1.807) is 23.0 Å². The minimum atomic E-state index is -0.277. The number of benzene rings is 2. The van der Waals surface area contributed by atoms with E-state index in [2.05, 4.69) is 15.6 Å². The van der Waals surface area contributed by atoms with Crippen LogP contribution in [-0.4, -0.2) is 21.9 Å². The lowest BCUT2D eigenvalue weighted by molar-refractivity contribution is 0.0955. The number of rotatable bonds is 5. The standard InChI is InChI=1S/C18H15ClN4O/c19-17-8-2-1-6-16(17)12-20-22-18(24)15-7-3-5-14(11-15)13-23-10-4-9-21-23/h1-12H,13H2,(H,22,24). The second kappa shape index (κ2) is 7.57. The van der Waals surface area contributed by atoms with Gasteiger partial charge in [-0.1, -0.05) is 41.9 Å². The molecule has 0 fully saturated rings. The molecule has 6 heteroatoms. The maximum atomic E-state index is 12.2. The van der Waals surface area contributed by atoms with Gasteiger partial charge in [0.05, 0.1) is 12.8 Å². The van der Waals surface area contributed by atoms with Crippen molar-refractivity contribution in [2.75, 3.05) is 0 Å². The maximum Gasteiger partial charge on any atom is 0.271 e. The Morgan fingerprint density at radius 3 is 2.88 bits per heavy atom. The van der Waals surface area contributed by atoms with E-state index in [4.69, 9.17) is 11.6 Å². The number of nitrogens with one attached hydrogen (secondary N) is 1. The SMILES string of the molecule is O=C(NN=Cc1ccccc1Cl)c1cccc(Cn2cccn2)c1. The van der Waals surface area contributed by atoms with Gasteiger partial charge in [-0.2, -0.15) is 10.2 Å². The molecule has 3 rings (SSSR count). The van der Waals surface area contributed by atoms with Crippen LogP contribution in [0.3, 0.4) is 0 Å². The van der Waals surface area contributed by atoms with Gasteiger partial charge in [-0.15, -0.1) is 0 Å². The van der Waals surface area contributed by atoms with Crippen molar-refractivity contribution in [2.24, 2.45) is 5.10 Å². The maximum absolute atomic E-state index is 12.2. The van der Waals surface area contributed by atoms with Gasteiger partial charge in [-0.3, -0.25) is 9.48 Å². The highest BCUT2D eigenvalue weighted by Crippen LogP contribution is 2.12. The van der Waals surface area contributed by atoms with Crippen molar-refractivity contribution in [1.29, 1.82) is 0 Å². The summed E-state index contributed by atoms with van der Waals surface area (Å²) in [5.74, 6) is -0.277. The molecule has 1 amide bonds. The van der Waals surface area contributed by atoms with Crippen molar-refractivity contribution in [3.63, 3.8) is 0 Å². The average Bonchev–Trinajstić information content (AvgIpc) is 3.10. The van der Waals surface area contributed by atoms with E-state index in [9.17, 15) is 4.79 Å². The molecule has 1 N–H and O–H groups in total. The molecule has 24 heavy (non-hydrogen) atoms. The topological polar surface area (TPSA) is 59.3 Å². The van der Waals surface area contributed by atoms with E-state index in [-0.39, 0.29) is 5.91 Å². The molecule has 120 valence electrons. The minimum absolute atomic E-state index is 0.277. The lowest BCUT2D eigenvalue weighted by Gasteiger charge is -2.05. The molecular weight excluding hydrogens is 324 g/mol. The van der Waals surface area contributed by atoms with E-state index < -0.39 is 0 Å². The number of aromatic nitrogens is 2. The lowest BCUT2D eigenvalue weighted by atomic mass is 10.1. The number of halogens is 1. The molecule has 3 aromatic rings. The molecule has 0 radical (unpaired) electrons. The molecule has 0 atom stereocenters. The molecule has 0 aliphatic carbocycles. The number of amides is 1. The smallest absolute Gasteiger partial charge is 0.268 e. The van der Waals surface area contributed by atoms with Crippen molar-refractivity contribution in [1.82, 2.24) is 15.2 Å². The summed E-state index contributed by atoms with van der Waals surface area (Å²) >= 11 is 6.03. The molecule has 0 spiro atoms. The Morgan fingerprint density at radius 2 is 2.08 bits per heavy atom. The summed E-state index contributed by atoms with van der Waals surface area (Å²) in [4.78, 5) is 12.2. The Kier molecular flexibility index (Phi) is 5.03. The Balaban J connectivity index is 1.66. The quantitative estimate of drug-likeness (QED) is 0.573. The van der Waals surface area contributed by atoms with Gasteiger partial charge in [0.2, 0.25) is 0 Å². The second-order valence-corrected chi connectivity index (χ2v) is 5.53. The van der Waals surface area contributed by atoms with Crippen molar-refractivity contribution in [2.45, 2.75) is 6.54 Å². The van der Waals surface area contributed by atoms with Gasteiger partial charge in [-0.05, 0) is 29.8 Å². The first-order valence-electron chi connectivity index (χ1n) is 7.37. The largest absolute Gasteiger partial charge is 0.271 e. The van der Waals surface area contributed by atoms with Gasteiger partial charge in [0.25, 0.3) is 5.91 Å². The predicted molar refractivity (Wildman–Crippen MR) is 94.3 cm³/mol. The number of hydrazone groups is 1. The number of nitrogens with zero attached hydrogens (tertiary/aromatic N) is 3. The first kappa shape index (κ1) is 16.0. The zero-order valence-corrected chi connectivity index (χ0v) is 13.5. The van der Waals surface area contributed by atoms with E-state index in [1.165, 1.54) is 6.21 Å². The average molecular weight is 339 g/mol. The summed E-state index contributed by atoms with van der Waals surface area (Å²) < 4.78 is 1.80. The van der Waals surface area contributed by atoms with Crippen LogP contribution in [0.15, 0.2) is 72.1 Å². The highest BCUT2D eigenvalue weighted by molar-refractivity contribution is 6.33. The van der Waals surface area contributed by atoms with Gasteiger partial charge in [0.15, 0.2) is 0 Å². The molecule has 0 unspecified atom stereocenters. The fourth-order valence-electron chi connectivity index (χ4n) is 2.20. The minimum Gasteiger partial charge on any atom is -0.268 e. The molecule has 2 aromatic carbocycles. The van der Waals surface area contributed by atoms with Gasteiger partial charge >= 0.3 is 0 Å². The second-order valence-electron chi connectivity index (χ2n) is 5.12. The van der Waals surface area contributed by atoms with E-state index in [0.717, 1.165) is 11.1 Å². The monoisotopic (exact) mass is 338 g/mol. The van der Waals surface area contributed by atoms with Gasteiger partial charge in [0.1, 0.15) is 0 Å². The van der Waals surface area contributed by atoms with Gasteiger partial charge in [-0.25, -0.2) is 5.43 Å². The Morgan fingerprint density at radius 1 is 1.21 bits per heavy atom. The third-order valence-corrected chi connectivity index (χ3v) is 3.71. The number of hydrogen-bond donors (Lipinski definition) is 1. The first-order chi connectivity index (χ1) is 11.7. The summed E-state index contributed by atoms with van der Waals surface area (Å²) in [6.45, 7) is 0.608. The van der Waals surface area contributed by atoms with Crippen LogP contribution in [0.2, 0.25) is 5.02 Å². The van der Waals surface area contributed by atoms with E-state index in [0.29, 0.717) is 17.1 Å². The van der Waals surface area contributed by atoms with Crippen LogP contribution >= 0.6 is 11.6 Å². The van der Waals surface area contributed by atoms with Crippen LogP contribution in [0, 0.1) is 0 Å². The molecule has 1 aromatic heterocycles. The van der Waals surface area contributed by atoms with Crippen LogP contribution < -0.4 is 5.43 Å². The number of carbonyl (C=O) groups is 1. The van der Waals surface area contributed by atoms with E-state index in [1.807, 2.05) is 48.7 Å². The van der Waals surface area contributed by atoms with Crippen LogP contribution in [0.1, 0.15) is 21.5 Å². The molecule has 0 bridgehead atoms. The van der Waals surface area contributed by atoms with Crippen molar-refractivity contribution in [3.8, 4) is 0 Å². The van der Waals surface area contributed by atoms with Crippen LogP contribution in [-0.2, 0) is 6.54 Å². The van der Waals surface area contributed by atoms with Crippen LogP contribution in [0.25, 0.3) is 0 Å². The fourth-order valence-corrected chi connectivity index (χ4v) is 2.38. The van der Waals surface area contributed by atoms with Gasteiger partial charge in [0, 0.05) is 28.5 Å². The Hall–Kier alpha value is -2.92. The summed E-state index contributed by atoms with van der Waals surface area (Å²) in [6.07, 6.45) is 5.12. The van der Waals surface area contributed by atoms with Crippen molar-refractivity contribution < 1.29 is 4.79 Å². The molecular formula is C18H15ClN4O. The Labute approximate surface area is 144 Å². The highest BCUT2D eigenvalue weighted by atomic mass is 35.5. The summed E-state index contributed by atoms with van der Waals surface area (Å²) in [7, 11) is 0. The van der Waals surface area contributed by atoms with Crippen LogP contribution in [0.4, 0.5) is 0 Å². The zero-order chi connectivity index (χ0) is 16.8. The lowest BCUT2D eigenvalue weighted by Crippen LogP contribution is -2.18. The molecule has 0 saturated carbocycles. The highest BCUT2D eigenvalue weighted by Gasteiger charge is 2.05. The number of hydrogen-bond acceptors (Lipinski definition) is 3. The van der Waals surface area contributed by atoms with Crippen molar-refractivity contribution >= 4 is 23.7 Å². The Bertz CT molecular complexity index is 859. The third kappa shape index (κ3) is 4.08. The summed E-state index contributed by atoms with van der Waals surface area (Å²) in [6, 6.07) is 16.5. The summed E-state index contributed by atoms with van der Waals surface area (Å²) in [5.41, 5.74) is 4.78. The summed E-state index contributed by atoms with van der Waals surface area (Å²) in [5, 5.41) is 8.70. The third-order valence-electron chi connectivity index (χ3n) is 3.37.